The third-order valence-electron chi connectivity index (χ3n) is 7.83. The van der Waals surface area contributed by atoms with Crippen LogP contribution in [0.3, 0.4) is 0 Å². The van der Waals surface area contributed by atoms with Crippen molar-refractivity contribution in [2.24, 2.45) is 5.73 Å². The summed E-state index contributed by atoms with van der Waals surface area (Å²) in [6, 6.07) is 6.11. The number of fused-ring (bicyclic) bond motifs is 9. The van der Waals surface area contributed by atoms with Gasteiger partial charge in [0, 0.05) is 40.6 Å². The van der Waals surface area contributed by atoms with Crippen molar-refractivity contribution in [3.05, 3.63) is 70.6 Å². The van der Waals surface area contributed by atoms with Crippen molar-refractivity contribution in [1.29, 1.82) is 0 Å². The molecule has 1 amide bonds. The van der Waals surface area contributed by atoms with Gasteiger partial charge < -0.3 is 15.8 Å². The largest absolute Gasteiger partial charge is 0.434 e. The van der Waals surface area contributed by atoms with E-state index < -0.39 is 12.2 Å². The van der Waals surface area contributed by atoms with Crippen LogP contribution in [0.4, 0.5) is 8.78 Å². The third-order valence-corrected chi connectivity index (χ3v) is 7.83. The lowest BCUT2D eigenvalue weighted by Crippen LogP contribution is -2.45. The summed E-state index contributed by atoms with van der Waals surface area (Å²) >= 11 is 0. The molecule has 2 aliphatic carbocycles. The lowest BCUT2D eigenvalue weighted by molar-refractivity contribution is -0.0505. The lowest BCUT2D eigenvalue weighted by atomic mass is 9.77. The second-order valence-electron chi connectivity index (χ2n) is 9.99. The molecule has 1 aliphatic heterocycles. The van der Waals surface area contributed by atoms with Gasteiger partial charge in [-0.25, -0.2) is 19.5 Å². The molecule has 4 aromatic rings. The average molecular weight is 504 g/mol. The van der Waals surface area contributed by atoms with Crippen LogP contribution in [0.15, 0.2) is 36.7 Å². The van der Waals surface area contributed by atoms with E-state index in [1.807, 2.05) is 13.0 Å². The number of amides is 1. The van der Waals surface area contributed by atoms with Crippen molar-refractivity contribution in [2.45, 2.75) is 56.7 Å². The first-order chi connectivity index (χ1) is 17.8. The predicted molar refractivity (Wildman–Crippen MR) is 128 cm³/mol. The lowest BCUT2D eigenvalue weighted by Gasteiger charge is -2.36. The summed E-state index contributed by atoms with van der Waals surface area (Å²) in [6.45, 7) is -1.10. The van der Waals surface area contributed by atoms with Crippen LogP contribution in [0.2, 0.25) is 0 Å². The summed E-state index contributed by atoms with van der Waals surface area (Å²) in [4.78, 5) is 27.1. The van der Waals surface area contributed by atoms with E-state index in [4.69, 9.17) is 25.5 Å². The fourth-order valence-corrected chi connectivity index (χ4v) is 5.84. The van der Waals surface area contributed by atoms with E-state index in [0.717, 1.165) is 36.1 Å². The second-order valence-corrected chi connectivity index (χ2v) is 9.99. The number of ether oxygens (including phenoxy) is 1. The summed E-state index contributed by atoms with van der Waals surface area (Å²) in [5.41, 5.74) is 11.0. The van der Waals surface area contributed by atoms with Crippen LogP contribution in [0.1, 0.15) is 76.3 Å². The molecule has 0 unspecified atom stereocenters. The van der Waals surface area contributed by atoms with Crippen molar-refractivity contribution >= 4 is 11.6 Å². The number of aryl methyl sites for hydroxylation is 1. The van der Waals surface area contributed by atoms with Crippen molar-refractivity contribution in [3.8, 4) is 17.0 Å². The SMILES string of the molecule is Cc1nc(C2(N)CCC2)ncc1-c1ccn2nc3c(c2n1)[C@@H]1C[C@H]3NC(=O)c2cccc(OC(F)F)c21. The van der Waals surface area contributed by atoms with Crippen LogP contribution in [0.25, 0.3) is 16.9 Å². The van der Waals surface area contributed by atoms with Gasteiger partial charge in [0.25, 0.3) is 5.91 Å². The molecule has 1 aromatic carbocycles. The van der Waals surface area contributed by atoms with Crippen LogP contribution in [-0.2, 0) is 5.54 Å². The Labute approximate surface area is 210 Å². The molecular formula is C26H23F2N7O2. The highest BCUT2D eigenvalue weighted by atomic mass is 19.3. The van der Waals surface area contributed by atoms with Gasteiger partial charge in [-0.15, -0.1) is 0 Å². The number of nitrogens with two attached hydrogens (primary N) is 1. The number of hydrogen-bond acceptors (Lipinski definition) is 7. The maximum atomic E-state index is 13.3. The van der Waals surface area contributed by atoms with Crippen LogP contribution < -0.4 is 15.8 Å². The summed E-state index contributed by atoms with van der Waals surface area (Å²) in [5.74, 6) is -0.0892. The Bertz CT molecular complexity index is 1600. The monoisotopic (exact) mass is 503 g/mol. The molecule has 3 N–H and O–H groups in total. The van der Waals surface area contributed by atoms with Gasteiger partial charge in [-0.2, -0.15) is 13.9 Å². The third kappa shape index (κ3) is 3.26. The van der Waals surface area contributed by atoms with Gasteiger partial charge in [0.15, 0.2) is 5.65 Å². The molecule has 3 aromatic heterocycles. The zero-order valence-corrected chi connectivity index (χ0v) is 19.9. The molecule has 1 saturated carbocycles. The smallest absolute Gasteiger partial charge is 0.387 e. The zero-order valence-electron chi connectivity index (χ0n) is 19.9. The van der Waals surface area contributed by atoms with E-state index in [0.29, 0.717) is 40.4 Å². The van der Waals surface area contributed by atoms with Crippen molar-refractivity contribution in [1.82, 2.24) is 29.9 Å². The van der Waals surface area contributed by atoms with Gasteiger partial charge in [-0.05, 0) is 50.8 Å². The fourth-order valence-electron chi connectivity index (χ4n) is 5.84. The first-order valence-corrected chi connectivity index (χ1v) is 12.2. The number of benzene rings is 1. The molecule has 3 aliphatic rings. The highest BCUT2D eigenvalue weighted by Crippen LogP contribution is 2.51. The Morgan fingerprint density at radius 2 is 2.03 bits per heavy atom. The first kappa shape index (κ1) is 22.2. The Balaban J connectivity index is 1.37. The fraction of sp³-hybridized carbons (Fsp3) is 0.346. The minimum atomic E-state index is -3.01. The molecule has 37 heavy (non-hydrogen) atoms. The van der Waals surface area contributed by atoms with Crippen molar-refractivity contribution < 1.29 is 18.3 Å². The molecule has 188 valence electrons. The van der Waals surface area contributed by atoms with E-state index in [1.54, 1.807) is 29.0 Å². The molecule has 0 radical (unpaired) electrons. The number of nitrogens with one attached hydrogen (secondary N) is 1. The van der Waals surface area contributed by atoms with Crippen LogP contribution in [0.5, 0.6) is 5.75 Å². The standard InChI is InChI=1S/C26H23F2N7O2/c1-12-15(11-30-24(31-12)26(29)7-3-8-26)16-6-9-35-22(32-16)20-14-10-17(21(20)34-35)33-23(36)13-4-2-5-18(19(13)14)37-25(27)28/h2,4-6,9,11,14,17,25H,3,7-8,10,29H2,1H3,(H,33,36)/t14-,17-/m1/s1. The summed E-state index contributed by atoms with van der Waals surface area (Å²) in [7, 11) is 0. The molecule has 0 spiro atoms. The van der Waals surface area contributed by atoms with Crippen LogP contribution >= 0.6 is 0 Å². The van der Waals surface area contributed by atoms with Crippen LogP contribution in [-0.4, -0.2) is 37.1 Å². The highest BCUT2D eigenvalue weighted by molar-refractivity contribution is 5.98. The Morgan fingerprint density at radius 3 is 2.76 bits per heavy atom. The summed E-state index contributed by atoms with van der Waals surface area (Å²) in [5, 5.41) is 7.69. The molecule has 7 rings (SSSR count). The van der Waals surface area contributed by atoms with Gasteiger partial charge in [-0.3, -0.25) is 4.79 Å². The number of halogens is 2. The Morgan fingerprint density at radius 1 is 1.19 bits per heavy atom. The quantitative estimate of drug-likeness (QED) is 0.435. The Kier molecular flexibility index (Phi) is 4.66. The average Bonchev–Trinajstić information content (AvgIpc) is 3.34. The van der Waals surface area contributed by atoms with Crippen molar-refractivity contribution in [2.75, 3.05) is 0 Å². The van der Waals surface area contributed by atoms with Gasteiger partial charge in [0.2, 0.25) is 0 Å². The van der Waals surface area contributed by atoms with Gasteiger partial charge in [-0.1, -0.05) is 6.07 Å². The number of carbonyl (C=O) groups excluding carboxylic acids is 1. The van der Waals surface area contributed by atoms with Gasteiger partial charge in [0.1, 0.15) is 11.6 Å². The van der Waals surface area contributed by atoms with E-state index in [1.165, 1.54) is 6.07 Å². The number of alkyl halides is 2. The topological polar surface area (TPSA) is 120 Å². The zero-order chi connectivity index (χ0) is 25.5. The number of rotatable bonds is 4. The number of hydrogen-bond donors (Lipinski definition) is 2. The molecule has 9 nitrogen and oxygen atoms in total. The predicted octanol–water partition coefficient (Wildman–Crippen LogP) is 3.75. The summed E-state index contributed by atoms with van der Waals surface area (Å²) in [6.07, 6.45) is 6.86. The van der Waals surface area contributed by atoms with E-state index in [9.17, 15) is 13.6 Å². The number of aromatic nitrogens is 5. The van der Waals surface area contributed by atoms with Gasteiger partial charge in [0.05, 0.1) is 28.7 Å². The minimum Gasteiger partial charge on any atom is -0.434 e. The van der Waals surface area contributed by atoms with Crippen LogP contribution in [0, 0.1) is 6.92 Å². The highest BCUT2D eigenvalue weighted by Gasteiger charge is 2.44. The number of nitrogens with zero attached hydrogens (tertiary/aromatic N) is 5. The molecule has 0 saturated heterocycles. The maximum absolute atomic E-state index is 13.3. The maximum Gasteiger partial charge on any atom is 0.387 e. The number of carbonyl (C=O) groups is 1. The van der Waals surface area contributed by atoms with Gasteiger partial charge >= 0.3 is 6.61 Å². The van der Waals surface area contributed by atoms with E-state index in [2.05, 4.69) is 10.3 Å². The second kappa shape index (κ2) is 7.75. The molecule has 1 fully saturated rings. The minimum absolute atomic E-state index is 0.0109. The summed E-state index contributed by atoms with van der Waals surface area (Å²) < 4.78 is 33.0. The molecule has 2 atom stereocenters. The van der Waals surface area contributed by atoms with Crippen molar-refractivity contribution in [3.63, 3.8) is 0 Å². The molecule has 11 heteroatoms. The normalized spacial score (nSPS) is 21.3. The first-order valence-electron chi connectivity index (χ1n) is 12.2. The molecule has 4 heterocycles. The van der Waals surface area contributed by atoms with E-state index >= 15 is 0 Å². The molecular weight excluding hydrogens is 480 g/mol. The van der Waals surface area contributed by atoms with E-state index in [-0.39, 0.29) is 23.6 Å². The molecule has 2 bridgehead atoms. The Hall–Kier alpha value is -3.99.